The van der Waals surface area contributed by atoms with Crippen LogP contribution in [0.3, 0.4) is 0 Å². The van der Waals surface area contributed by atoms with Crippen LogP contribution in [0.1, 0.15) is 32.6 Å². The van der Waals surface area contributed by atoms with Crippen LogP contribution in [0.25, 0.3) is 0 Å². The van der Waals surface area contributed by atoms with E-state index in [0.29, 0.717) is 6.42 Å². The summed E-state index contributed by atoms with van der Waals surface area (Å²) in [6.45, 7) is 1.86. The third-order valence-corrected chi connectivity index (χ3v) is 2.81. The maximum atomic E-state index is 10.8. The minimum Gasteiger partial charge on any atom is -0.481 e. The Hall–Kier alpha value is -0.570. The van der Waals surface area contributed by atoms with Crippen molar-refractivity contribution in [3.63, 3.8) is 0 Å². The number of hydrogen-bond acceptors (Lipinski definition) is 2. The molecular formula is C9H16O3. The molecule has 3 unspecified atom stereocenters. The highest BCUT2D eigenvalue weighted by molar-refractivity contribution is 5.70. The molecule has 0 aromatic carbocycles. The van der Waals surface area contributed by atoms with Gasteiger partial charge in [-0.2, -0.15) is 0 Å². The molecule has 3 nitrogen and oxygen atoms in total. The molecule has 2 N–H and O–H groups in total. The van der Waals surface area contributed by atoms with Crippen LogP contribution in [0.2, 0.25) is 0 Å². The van der Waals surface area contributed by atoms with Gasteiger partial charge in [-0.25, -0.2) is 0 Å². The van der Waals surface area contributed by atoms with E-state index in [1.54, 1.807) is 0 Å². The van der Waals surface area contributed by atoms with Crippen LogP contribution in [-0.4, -0.2) is 22.3 Å². The maximum absolute atomic E-state index is 10.8. The molecule has 0 heterocycles. The molecule has 1 aliphatic rings. The van der Waals surface area contributed by atoms with E-state index in [4.69, 9.17) is 5.11 Å². The molecule has 1 aliphatic carbocycles. The van der Waals surface area contributed by atoms with E-state index >= 15 is 0 Å². The van der Waals surface area contributed by atoms with E-state index in [1.807, 2.05) is 6.92 Å². The van der Waals surface area contributed by atoms with Crippen molar-refractivity contribution < 1.29 is 15.0 Å². The second kappa shape index (κ2) is 3.90. The van der Waals surface area contributed by atoms with E-state index in [0.717, 1.165) is 19.3 Å². The smallest absolute Gasteiger partial charge is 0.306 e. The lowest BCUT2D eigenvalue weighted by molar-refractivity contribution is -0.145. The van der Waals surface area contributed by atoms with Crippen LogP contribution in [0.5, 0.6) is 0 Å². The molecule has 3 atom stereocenters. The predicted octanol–water partition coefficient (Wildman–Crippen LogP) is 1.26. The van der Waals surface area contributed by atoms with Gasteiger partial charge in [-0.05, 0) is 25.2 Å². The lowest BCUT2D eigenvalue weighted by Crippen LogP contribution is -2.28. The van der Waals surface area contributed by atoms with Crippen LogP contribution < -0.4 is 0 Å². The second-order valence-corrected chi connectivity index (χ2v) is 3.52. The van der Waals surface area contributed by atoms with E-state index < -0.39 is 5.97 Å². The molecule has 0 radical (unpaired) electrons. The SMILES string of the molecule is CCC(C(=O)O)C1CCCC1O. The van der Waals surface area contributed by atoms with Crippen molar-refractivity contribution in [3.05, 3.63) is 0 Å². The van der Waals surface area contributed by atoms with Gasteiger partial charge < -0.3 is 10.2 Å². The van der Waals surface area contributed by atoms with Gasteiger partial charge in [0.2, 0.25) is 0 Å². The topological polar surface area (TPSA) is 57.5 Å². The Morgan fingerprint density at radius 2 is 2.25 bits per heavy atom. The predicted molar refractivity (Wildman–Crippen MR) is 44.8 cm³/mol. The minimum absolute atomic E-state index is 0.00694. The van der Waals surface area contributed by atoms with Crippen LogP contribution in [0, 0.1) is 11.8 Å². The summed E-state index contributed by atoms with van der Waals surface area (Å²) in [4.78, 5) is 10.8. The van der Waals surface area contributed by atoms with E-state index in [1.165, 1.54) is 0 Å². The Morgan fingerprint density at radius 3 is 2.58 bits per heavy atom. The van der Waals surface area contributed by atoms with E-state index in [9.17, 15) is 9.90 Å². The van der Waals surface area contributed by atoms with Gasteiger partial charge in [0.25, 0.3) is 0 Å². The molecule has 1 saturated carbocycles. The van der Waals surface area contributed by atoms with Crippen molar-refractivity contribution in [1.82, 2.24) is 0 Å². The number of carboxylic acids is 1. The summed E-state index contributed by atoms with van der Waals surface area (Å²) in [5.41, 5.74) is 0. The van der Waals surface area contributed by atoms with Gasteiger partial charge in [0, 0.05) is 0 Å². The standard InChI is InChI=1S/C9H16O3/c1-2-6(9(11)12)7-4-3-5-8(7)10/h6-8,10H,2-5H2,1H3,(H,11,12). The van der Waals surface area contributed by atoms with Crippen molar-refractivity contribution >= 4 is 5.97 Å². The number of aliphatic carboxylic acids is 1. The van der Waals surface area contributed by atoms with Gasteiger partial charge >= 0.3 is 5.97 Å². The third kappa shape index (κ3) is 1.78. The summed E-state index contributed by atoms with van der Waals surface area (Å²) in [5.74, 6) is -1.11. The first kappa shape index (κ1) is 9.52. The van der Waals surface area contributed by atoms with E-state index in [2.05, 4.69) is 0 Å². The summed E-state index contributed by atoms with van der Waals surface area (Å²) >= 11 is 0. The Morgan fingerprint density at radius 1 is 1.58 bits per heavy atom. The average Bonchev–Trinajstić information content (AvgIpc) is 2.38. The molecule has 12 heavy (non-hydrogen) atoms. The fourth-order valence-corrected chi connectivity index (χ4v) is 2.10. The molecule has 1 fully saturated rings. The third-order valence-electron chi connectivity index (χ3n) is 2.81. The van der Waals surface area contributed by atoms with Gasteiger partial charge in [0.1, 0.15) is 0 Å². The Bertz CT molecular complexity index is 167. The first-order chi connectivity index (χ1) is 5.66. The summed E-state index contributed by atoms with van der Waals surface area (Å²) in [6, 6.07) is 0. The van der Waals surface area contributed by atoms with Gasteiger partial charge in [0.15, 0.2) is 0 Å². The highest BCUT2D eigenvalue weighted by atomic mass is 16.4. The molecule has 0 amide bonds. The van der Waals surface area contributed by atoms with Crippen LogP contribution in [-0.2, 0) is 4.79 Å². The Balaban J connectivity index is 2.58. The van der Waals surface area contributed by atoms with Crippen molar-refractivity contribution in [1.29, 1.82) is 0 Å². The molecule has 0 aromatic heterocycles. The summed E-state index contributed by atoms with van der Waals surface area (Å²) in [7, 11) is 0. The maximum Gasteiger partial charge on any atom is 0.306 e. The number of carbonyl (C=O) groups is 1. The lowest BCUT2D eigenvalue weighted by atomic mass is 9.87. The minimum atomic E-state index is -0.761. The second-order valence-electron chi connectivity index (χ2n) is 3.52. The number of aliphatic hydroxyl groups excluding tert-OH is 1. The molecule has 1 rings (SSSR count). The van der Waals surface area contributed by atoms with Gasteiger partial charge in [0.05, 0.1) is 12.0 Å². The Kier molecular flexibility index (Phi) is 3.09. The monoisotopic (exact) mass is 172 g/mol. The summed E-state index contributed by atoms with van der Waals surface area (Å²) in [6.07, 6.45) is 2.85. The van der Waals surface area contributed by atoms with Crippen molar-refractivity contribution in [3.8, 4) is 0 Å². The fraction of sp³-hybridized carbons (Fsp3) is 0.889. The molecule has 0 spiro atoms. The van der Waals surface area contributed by atoms with Gasteiger partial charge in [-0.15, -0.1) is 0 Å². The summed E-state index contributed by atoms with van der Waals surface area (Å²) < 4.78 is 0. The quantitative estimate of drug-likeness (QED) is 0.673. The number of aliphatic hydroxyl groups is 1. The van der Waals surface area contributed by atoms with Crippen LogP contribution >= 0.6 is 0 Å². The fourth-order valence-electron chi connectivity index (χ4n) is 2.10. The zero-order valence-electron chi connectivity index (χ0n) is 7.36. The largest absolute Gasteiger partial charge is 0.481 e. The van der Waals surface area contributed by atoms with Crippen molar-refractivity contribution in [2.24, 2.45) is 11.8 Å². The number of rotatable bonds is 3. The first-order valence-electron chi connectivity index (χ1n) is 4.57. The molecule has 0 aromatic rings. The molecule has 0 bridgehead atoms. The number of carboxylic acid groups (broad SMARTS) is 1. The van der Waals surface area contributed by atoms with Gasteiger partial charge in [-0.1, -0.05) is 13.3 Å². The molecule has 0 aliphatic heterocycles. The zero-order chi connectivity index (χ0) is 9.14. The molecule has 3 heteroatoms. The average molecular weight is 172 g/mol. The van der Waals surface area contributed by atoms with E-state index in [-0.39, 0.29) is 17.9 Å². The normalized spacial score (nSPS) is 31.8. The van der Waals surface area contributed by atoms with Crippen LogP contribution in [0.4, 0.5) is 0 Å². The van der Waals surface area contributed by atoms with Crippen LogP contribution in [0.15, 0.2) is 0 Å². The highest BCUT2D eigenvalue weighted by Crippen LogP contribution is 2.33. The molecule has 0 saturated heterocycles. The Labute approximate surface area is 72.4 Å². The van der Waals surface area contributed by atoms with Gasteiger partial charge in [-0.3, -0.25) is 4.79 Å². The first-order valence-corrected chi connectivity index (χ1v) is 4.57. The van der Waals surface area contributed by atoms with Crippen molar-refractivity contribution in [2.45, 2.75) is 38.7 Å². The highest BCUT2D eigenvalue weighted by Gasteiger charge is 2.35. The molecule has 70 valence electrons. The summed E-state index contributed by atoms with van der Waals surface area (Å²) in [5, 5.41) is 18.3. The molecular weight excluding hydrogens is 156 g/mol. The van der Waals surface area contributed by atoms with Crippen molar-refractivity contribution in [2.75, 3.05) is 0 Å². The zero-order valence-corrected chi connectivity index (χ0v) is 7.36. The lowest BCUT2D eigenvalue weighted by Gasteiger charge is -2.20. The number of hydrogen-bond donors (Lipinski definition) is 2.